The van der Waals surface area contributed by atoms with Gasteiger partial charge >= 0.3 is 11.9 Å². The minimum Gasteiger partial charge on any atom is -0.462 e. The van der Waals surface area contributed by atoms with Crippen LogP contribution in [0.25, 0.3) is 0 Å². The van der Waals surface area contributed by atoms with E-state index in [4.69, 9.17) is 9.47 Å². The lowest BCUT2D eigenvalue weighted by Gasteiger charge is -2.73. The fourth-order valence-electron chi connectivity index (χ4n) is 14.7. The summed E-state index contributed by atoms with van der Waals surface area (Å²) in [7, 11) is -3.01. The Hall–Kier alpha value is -1.49. The van der Waals surface area contributed by atoms with Crippen LogP contribution in [-0.2, 0) is 28.9 Å². The van der Waals surface area contributed by atoms with Gasteiger partial charge in [-0.2, -0.15) is 0 Å². The van der Waals surface area contributed by atoms with Crippen LogP contribution in [0, 0.1) is 56.7 Å². The van der Waals surface area contributed by atoms with Crippen molar-refractivity contribution >= 4 is 21.8 Å². The van der Waals surface area contributed by atoms with Crippen LogP contribution >= 0.6 is 0 Å². The standard InChI is InChI=1S/C47H80N2O7S/c1-30(2)32-16-21-47(48-29-34(31(3)50)49-24-26-57(53,54)27-25-49)23-22-45(12)33(39(32)47)14-15-36-44(11)19-18-37(43(9,10)35(44)17-20-46(36,45)13)55-38(51)28-42(7,8)40(52)56-41(4,5)6/h31-37,39,48,50H,1,14-29H2,2-13H3/t31-,32+,33-,34-,35+,36-,37+,39-,44+,45-,46-,47?/m1/s1. The minimum atomic E-state index is -3.01. The number of aliphatic hydroxyl groups excluding tert-OH is 1. The largest absolute Gasteiger partial charge is 0.462 e. The molecule has 1 unspecified atom stereocenters. The maximum Gasteiger partial charge on any atom is 0.312 e. The zero-order chi connectivity index (χ0) is 42.4. The number of carbonyl (C=O) groups is 2. The lowest BCUT2D eigenvalue weighted by atomic mass is 9.32. The number of sulfone groups is 1. The summed E-state index contributed by atoms with van der Waals surface area (Å²) in [6.45, 7) is 32.0. The molecule has 326 valence electrons. The summed E-state index contributed by atoms with van der Waals surface area (Å²) in [5.74, 6) is 2.15. The summed E-state index contributed by atoms with van der Waals surface area (Å²) < 4.78 is 36.5. The zero-order valence-corrected chi connectivity index (χ0v) is 38.7. The molecule has 6 aliphatic rings. The minimum absolute atomic E-state index is 0.00181. The zero-order valence-electron chi connectivity index (χ0n) is 37.9. The van der Waals surface area contributed by atoms with Crippen molar-refractivity contribution < 1.29 is 32.6 Å². The molecule has 6 rings (SSSR count). The van der Waals surface area contributed by atoms with E-state index in [0.717, 1.165) is 38.5 Å². The number of hydrogen-bond acceptors (Lipinski definition) is 9. The molecule has 0 spiro atoms. The van der Waals surface area contributed by atoms with Crippen LogP contribution < -0.4 is 5.32 Å². The van der Waals surface area contributed by atoms with Crippen molar-refractivity contribution in [2.24, 2.45) is 56.7 Å². The Kier molecular flexibility index (Phi) is 12.0. The van der Waals surface area contributed by atoms with Crippen molar-refractivity contribution in [2.45, 2.75) is 183 Å². The van der Waals surface area contributed by atoms with Crippen molar-refractivity contribution in [2.75, 3.05) is 31.1 Å². The van der Waals surface area contributed by atoms with Crippen LogP contribution in [-0.4, -0.2) is 90.9 Å². The SMILES string of the molecule is C=C(C)[C@@H]1CCC2(NC[C@H]([C@@H](C)O)N3CCS(=O)(=O)CC3)CC[C@]3(C)[C@H](CC[C@@H]4[C@@]5(C)CC[C@H](OC(=O)CC(C)(C)C(=O)OC(C)(C)C)C(C)(C)[C@@H]5CC[C@]43C)[C@@H]12. The summed E-state index contributed by atoms with van der Waals surface area (Å²) in [6, 6.07) is -0.120. The van der Waals surface area contributed by atoms with Gasteiger partial charge in [-0.25, -0.2) is 8.42 Å². The monoisotopic (exact) mass is 817 g/mol. The first-order valence-corrected chi connectivity index (χ1v) is 24.4. The molecule has 0 bridgehead atoms. The normalized spacial score (nSPS) is 41.4. The van der Waals surface area contributed by atoms with E-state index in [9.17, 15) is 23.1 Å². The second kappa shape index (κ2) is 15.1. The molecule has 6 fully saturated rings. The summed E-state index contributed by atoms with van der Waals surface area (Å²) in [5, 5.41) is 15.2. The van der Waals surface area contributed by atoms with Crippen LogP contribution in [0.15, 0.2) is 12.2 Å². The fraction of sp³-hybridized carbons (Fsp3) is 0.915. The Balaban J connectivity index is 1.20. The Morgan fingerprint density at radius 3 is 2.12 bits per heavy atom. The molecule has 0 amide bonds. The van der Waals surface area contributed by atoms with E-state index in [1.165, 1.54) is 31.3 Å². The molecule has 10 heteroatoms. The highest BCUT2D eigenvalue weighted by Gasteiger charge is 2.71. The number of nitrogens with zero attached hydrogens (tertiary/aromatic N) is 1. The third kappa shape index (κ3) is 7.95. The predicted molar refractivity (Wildman–Crippen MR) is 227 cm³/mol. The third-order valence-corrected chi connectivity index (χ3v) is 19.5. The van der Waals surface area contributed by atoms with E-state index in [1.54, 1.807) is 13.8 Å². The van der Waals surface area contributed by atoms with E-state index in [0.29, 0.717) is 49.2 Å². The quantitative estimate of drug-likeness (QED) is 0.166. The molecule has 0 radical (unpaired) electrons. The molecule has 1 heterocycles. The van der Waals surface area contributed by atoms with Crippen molar-refractivity contribution in [3.05, 3.63) is 12.2 Å². The van der Waals surface area contributed by atoms with Crippen molar-refractivity contribution in [1.82, 2.24) is 10.2 Å². The van der Waals surface area contributed by atoms with Gasteiger partial charge in [-0.3, -0.25) is 14.5 Å². The maximum absolute atomic E-state index is 13.5. The van der Waals surface area contributed by atoms with E-state index in [1.807, 2.05) is 27.7 Å². The van der Waals surface area contributed by atoms with Gasteiger partial charge in [0.1, 0.15) is 11.7 Å². The van der Waals surface area contributed by atoms with Gasteiger partial charge in [-0.1, -0.05) is 46.8 Å². The van der Waals surface area contributed by atoms with Crippen LogP contribution in [0.4, 0.5) is 0 Å². The molecule has 2 N–H and O–H groups in total. The van der Waals surface area contributed by atoms with Gasteiger partial charge in [0.05, 0.1) is 29.4 Å². The molecule has 9 nitrogen and oxygen atoms in total. The number of esters is 2. The highest BCUT2D eigenvalue weighted by Crippen LogP contribution is 2.76. The number of allylic oxidation sites excluding steroid dienone is 1. The van der Waals surface area contributed by atoms with Crippen molar-refractivity contribution in [1.29, 1.82) is 0 Å². The van der Waals surface area contributed by atoms with Crippen LogP contribution in [0.1, 0.15) is 154 Å². The van der Waals surface area contributed by atoms with Gasteiger partial charge in [0.25, 0.3) is 0 Å². The van der Waals surface area contributed by atoms with Gasteiger partial charge < -0.3 is 19.9 Å². The average molecular weight is 817 g/mol. The van der Waals surface area contributed by atoms with Crippen molar-refractivity contribution in [3.8, 4) is 0 Å². The molecule has 1 aliphatic heterocycles. The Morgan fingerprint density at radius 2 is 1.53 bits per heavy atom. The van der Waals surface area contributed by atoms with Crippen LogP contribution in [0.3, 0.4) is 0 Å². The second-order valence-corrected chi connectivity index (χ2v) is 25.4. The summed E-state index contributed by atoms with van der Waals surface area (Å²) >= 11 is 0. The van der Waals surface area contributed by atoms with Gasteiger partial charge in [-0.05, 0) is 159 Å². The average Bonchev–Trinajstić information content (AvgIpc) is 3.46. The van der Waals surface area contributed by atoms with E-state index in [-0.39, 0.29) is 69.2 Å². The Labute approximate surface area is 346 Å². The molecule has 1 saturated heterocycles. The molecule has 5 aliphatic carbocycles. The molecular formula is C47H80N2O7S. The number of nitrogens with one attached hydrogen (secondary N) is 1. The second-order valence-electron chi connectivity index (χ2n) is 23.1. The van der Waals surface area contributed by atoms with Gasteiger partial charge in [0.15, 0.2) is 9.84 Å². The topological polar surface area (TPSA) is 122 Å². The summed E-state index contributed by atoms with van der Waals surface area (Å²) in [4.78, 5) is 28.7. The highest BCUT2D eigenvalue weighted by atomic mass is 32.2. The number of fused-ring (bicyclic) bond motifs is 7. The number of ether oxygens (including phenoxy) is 2. The Bertz CT molecular complexity index is 1650. The highest BCUT2D eigenvalue weighted by molar-refractivity contribution is 7.91. The molecule has 5 saturated carbocycles. The third-order valence-electron chi connectivity index (χ3n) is 17.9. The van der Waals surface area contributed by atoms with Gasteiger partial charge in [-0.15, -0.1) is 0 Å². The van der Waals surface area contributed by atoms with Gasteiger partial charge in [0.2, 0.25) is 0 Å². The molecule has 0 aromatic heterocycles. The first-order chi connectivity index (χ1) is 26.1. The molecular weight excluding hydrogens is 737 g/mol. The van der Waals surface area contributed by atoms with E-state index < -0.39 is 27.0 Å². The summed E-state index contributed by atoms with van der Waals surface area (Å²) in [5.41, 5.74) is -0.0246. The number of hydrogen-bond donors (Lipinski definition) is 2. The lowest BCUT2D eigenvalue weighted by molar-refractivity contribution is -0.246. The first-order valence-electron chi connectivity index (χ1n) is 22.6. The summed E-state index contributed by atoms with van der Waals surface area (Å²) in [6.07, 6.45) is 10.4. The van der Waals surface area contributed by atoms with E-state index >= 15 is 0 Å². The van der Waals surface area contributed by atoms with Crippen molar-refractivity contribution in [3.63, 3.8) is 0 Å². The smallest absolute Gasteiger partial charge is 0.312 e. The predicted octanol–water partition coefficient (Wildman–Crippen LogP) is 8.14. The number of rotatable bonds is 10. The van der Waals surface area contributed by atoms with Crippen LogP contribution in [0.5, 0.6) is 0 Å². The first kappa shape index (κ1) is 45.0. The number of aliphatic hydroxyl groups is 1. The molecule has 12 atom stereocenters. The molecule has 0 aromatic rings. The fourth-order valence-corrected chi connectivity index (χ4v) is 15.9. The Morgan fingerprint density at radius 1 is 0.877 bits per heavy atom. The van der Waals surface area contributed by atoms with Crippen LogP contribution in [0.2, 0.25) is 0 Å². The molecule has 0 aromatic carbocycles. The molecule has 57 heavy (non-hydrogen) atoms. The lowest BCUT2D eigenvalue weighted by Crippen LogP contribution is -2.69. The number of carbonyl (C=O) groups excluding carboxylic acids is 2. The van der Waals surface area contributed by atoms with E-state index in [2.05, 4.69) is 58.3 Å². The maximum atomic E-state index is 13.5. The van der Waals surface area contributed by atoms with Gasteiger partial charge in [0, 0.05) is 36.6 Å².